The van der Waals surface area contributed by atoms with Crippen LogP contribution in [-0.2, 0) is 9.53 Å². The molecule has 1 heterocycles. The zero-order valence-electron chi connectivity index (χ0n) is 16.0. The highest BCUT2D eigenvalue weighted by Gasteiger charge is 2.33. The van der Waals surface area contributed by atoms with Gasteiger partial charge in [-0.25, -0.2) is 4.99 Å². The molecule has 152 valence electrons. The number of benzene rings is 2. The van der Waals surface area contributed by atoms with Gasteiger partial charge in [-0.2, -0.15) is 0 Å². The number of hydrogen-bond donors (Lipinski definition) is 0. The average Bonchev–Trinajstić information content (AvgIpc) is 2.97. The Morgan fingerprint density at radius 3 is 2.45 bits per heavy atom. The number of aliphatic imine (C=N–C) groups is 1. The van der Waals surface area contributed by atoms with Crippen molar-refractivity contribution >= 4 is 66.5 Å². The predicted molar refractivity (Wildman–Crippen MR) is 126 cm³/mol. The second kappa shape index (κ2) is 10.4. The van der Waals surface area contributed by atoms with Crippen molar-refractivity contribution in [3.63, 3.8) is 0 Å². The maximum absolute atomic E-state index is 13.1. The Labute approximate surface area is 191 Å². The van der Waals surface area contributed by atoms with Crippen molar-refractivity contribution in [1.82, 2.24) is 4.90 Å². The first kappa shape index (κ1) is 22.1. The monoisotopic (exact) mass is 538 g/mol. The predicted octanol–water partition coefficient (Wildman–Crippen LogP) is 5.86. The lowest BCUT2D eigenvalue weighted by atomic mass is 10.2. The van der Waals surface area contributed by atoms with E-state index in [-0.39, 0.29) is 5.91 Å². The molecule has 0 aliphatic carbocycles. The maximum atomic E-state index is 13.1. The van der Waals surface area contributed by atoms with Gasteiger partial charge in [-0.3, -0.25) is 9.69 Å². The van der Waals surface area contributed by atoms with Crippen LogP contribution in [0.2, 0.25) is 0 Å². The van der Waals surface area contributed by atoms with E-state index >= 15 is 0 Å². The van der Waals surface area contributed by atoms with Crippen molar-refractivity contribution in [2.24, 2.45) is 4.99 Å². The van der Waals surface area contributed by atoms with Crippen LogP contribution in [0.1, 0.15) is 12.0 Å². The second-order valence-electron chi connectivity index (χ2n) is 6.16. The number of amides is 1. The fraction of sp³-hybridized carbons (Fsp3) is 0.238. The standard InChI is InChI=1S/C21H20Br2N2O3S/c1-27-10-6-9-25-20(26)18(29-21(25)24-15-7-4-3-5-8-15)13-14-11-16(22)19(28-2)17(23)12-14/h3-5,7-8,11-13H,6,9-10H2,1-2H3/b18-13-,24-21?. The molecular formula is C21H20Br2N2O3S. The minimum Gasteiger partial charge on any atom is -0.494 e. The first-order valence-electron chi connectivity index (χ1n) is 8.90. The van der Waals surface area contributed by atoms with Crippen LogP contribution in [0.3, 0.4) is 0 Å². The smallest absolute Gasteiger partial charge is 0.266 e. The summed E-state index contributed by atoms with van der Waals surface area (Å²) in [5.74, 6) is 0.661. The third kappa shape index (κ3) is 5.51. The number of nitrogens with zero attached hydrogens (tertiary/aromatic N) is 2. The second-order valence-corrected chi connectivity index (χ2v) is 8.88. The van der Waals surface area contributed by atoms with Crippen LogP contribution in [0.25, 0.3) is 6.08 Å². The summed E-state index contributed by atoms with van der Waals surface area (Å²) in [5.41, 5.74) is 1.70. The number of halogens is 2. The number of carbonyl (C=O) groups excluding carboxylic acids is 1. The van der Waals surface area contributed by atoms with Crippen molar-refractivity contribution in [2.75, 3.05) is 27.4 Å². The van der Waals surface area contributed by atoms with Crippen LogP contribution in [0, 0.1) is 0 Å². The fourth-order valence-corrected chi connectivity index (χ4v) is 5.35. The summed E-state index contributed by atoms with van der Waals surface area (Å²) >= 11 is 8.40. The first-order valence-corrected chi connectivity index (χ1v) is 11.3. The van der Waals surface area contributed by atoms with Gasteiger partial charge in [-0.05, 0) is 85.9 Å². The molecular weight excluding hydrogens is 520 g/mol. The number of amidine groups is 1. The van der Waals surface area contributed by atoms with Gasteiger partial charge < -0.3 is 9.47 Å². The highest BCUT2D eigenvalue weighted by molar-refractivity contribution is 9.11. The molecule has 1 aliphatic heterocycles. The summed E-state index contributed by atoms with van der Waals surface area (Å²) in [4.78, 5) is 20.1. The molecule has 1 amide bonds. The van der Waals surface area contributed by atoms with E-state index in [0.29, 0.717) is 29.0 Å². The van der Waals surface area contributed by atoms with Gasteiger partial charge in [-0.15, -0.1) is 0 Å². The summed E-state index contributed by atoms with van der Waals surface area (Å²) in [7, 11) is 3.27. The van der Waals surface area contributed by atoms with Crippen LogP contribution in [-0.4, -0.2) is 43.3 Å². The molecule has 0 bridgehead atoms. The van der Waals surface area contributed by atoms with E-state index in [0.717, 1.165) is 26.6 Å². The third-order valence-corrected chi connectivity index (χ3v) is 6.31. The van der Waals surface area contributed by atoms with Gasteiger partial charge in [-0.1, -0.05) is 18.2 Å². The summed E-state index contributed by atoms with van der Waals surface area (Å²) in [6.45, 7) is 1.14. The molecule has 0 atom stereocenters. The molecule has 8 heteroatoms. The van der Waals surface area contributed by atoms with Crippen molar-refractivity contribution < 1.29 is 14.3 Å². The molecule has 1 saturated heterocycles. The van der Waals surface area contributed by atoms with Crippen LogP contribution in [0.15, 0.2) is 61.3 Å². The number of carbonyl (C=O) groups is 1. The Morgan fingerprint density at radius 2 is 1.83 bits per heavy atom. The molecule has 0 radical (unpaired) electrons. The molecule has 5 nitrogen and oxygen atoms in total. The van der Waals surface area contributed by atoms with E-state index in [1.165, 1.54) is 11.8 Å². The van der Waals surface area contributed by atoms with Crippen molar-refractivity contribution in [3.8, 4) is 5.75 Å². The number of para-hydroxylation sites is 1. The van der Waals surface area contributed by atoms with Crippen molar-refractivity contribution in [3.05, 3.63) is 61.9 Å². The summed E-state index contributed by atoms with van der Waals surface area (Å²) < 4.78 is 12.1. The zero-order chi connectivity index (χ0) is 20.8. The SMILES string of the molecule is COCCCN1C(=O)/C(=C/c2cc(Br)c(OC)c(Br)c2)SC1=Nc1ccccc1. The van der Waals surface area contributed by atoms with Gasteiger partial charge in [0.15, 0.2) is 5.17 Å². The highest BCUT2D eigenvalue weighted by Crippen LogP contribution is 2.38. The van der Waals surface area contributed by atoms with Gasteiger partial charge in [0.25, 0.3) is 5.91 Å². The fourth-order valence-electron chi connectivity index (χ4n) is 2.78. The molecule has 1 fully saturated rings. The zero-order valence-corrected chi connectivity index (χ0v) is 20.0. The van der Waals surface area contributed by atoms with E-state index in [2.05, 4.69) is 36.9 Å². The molecule has 0 unspecified atom stereocenters. The summed E-state index contributed by atoms with van der Waals surface area (Å²) in [6, 6.07) is 13.5. The maximum Gasteiger partial charge on any atom is 0.266 e. The van der Waals surface area contributed by atoms with Gasteiger partial charge in [0.2, 0.25) is 0 Å². The summed E-state index contributed by atoms with van der Waals surface area (Å²) in [6.07, 6.45) is 2.61. The van der Waals surface area contributed by atoms with Crippen LogP contribution < -0.4 is 4.74 Å². The number of hydrogen-bond acceptors (Lipinski definition) is 5. The Bertz CT molecular complexity index is 925. The minimum atomic E-state index is -0.0520. The molecule has 2 aromatic carbocycles. The number of ether oxygens (including phenoxy) is 2. The molecule has 1 aliphatic rings. The first-order chi connectivity index (χ1) is 14.0. The van der Waals surface area contributed by atoms with E-state index in [4.69, 9.17) is 9.47 Å². The van der Waals surface area contributed by atoms with Gasteiger partial charge in [0, 0.05) is 20.3 Å². The lowest BCUT2D eigenvalue weighted by Crippen LogP contribution is -2.30. The van der Waals surface area contributed by atoms with E-state index < -0.39 is 0 Å². The lowest BCUT2D eigenvalue weighted by molar-refractivity contribution is -0.122. The molecule has 29 heavy (non-hydrogen) atoms. The molecule has 2 aromatic rings. The van der Waals surface area contributed by atoms with E-state index in [1.807, 2.05) is 48.5 Å². The topological polar surface area (TPSA) is 51.1 Å². The van der Waals surface area contributed by atoms with Crippen molar-refractivity contribution in [2.45, 2.75) is 6.42 Å². The van der Waals surface area contributed by atoms with Crippen LogP contribution in [0.4, 0.5) is 5.69 Å². The van der Waals surface area contributed by atoms with Gasteiger partial charge in [0.05, 0.1) is 26.6 Å². The van der Waals surface area contributed by atoms with Crippen LogP contribution >= 0.6 is 43.6 Å². The quantitative estimate of drug-likeness (QED) is 0.326. The molecule has 3 rings (SSSR count). The van der Waals surface area contributed by atoms with Crippen LogP contribution in [0.5, 0.6) is 5.75 Å². The third-order valence-electron chi connectivity index (χ3n) is 4.12. The normalized spacial score (nSPS) is 16.8. The Hall–Kier alpha value is -1.61. The molecule has 0 spiro atoms. The minimum absolute atomic E-state index is 0.0520. The number of thioether (sulfide) groups is 1. The van der Waals surface area contributed by atoms with Gasteiger partial charge in [0.1, 0.15) is 5.75 Å². The molecule has 0 aromatic heterocycles. The highest BCUT2D eigenvalue weighted by atomic mass is 79.9. The van der Waals surface area contributed by atoms with E-state index in [1.54, 1.807) is 19.1 Å². The Balaban J connectivity index is 1.93. The summed E-state index contributed by atoms with van der Waals surface area (Å²) in [5, 5.41) is 0.676. The number of rotatable bonds is 7. The van der Waals surface area contributed by atoms with Crippen molar-refractivity contribution in [1.29, 1.82) is 0 Å². The largest absolute Gasteiger partial charge is 0.494 e. The van der Waals surface area contributed by atoms with E-state index in [9.17, 15) is 4.79 Å². The number of methoxy groups -OCH3 is 2. The van der Waals surface area contributed by atoms with Gasteiger partial charge >= 0.3 is 0 Å². The molecule has 0 saturated carbocycles. The lowest BCUT2D eigenvalue weighted by Gasteiger charge is -2.15. The Morgan fingerprint density at radius 1 is 1.14 bits per heavy atom. The Kier molecular flexibility index (Phi) is 7.94. The molecule has 0 N–H and O–H groups in total. The average molecular weight is 540 g/mol.